The molecule has 0 atom stereocenters. The molecule has 0 unspecified atom stereocenters. The van der Waals surface area contributed by atoms with E-state index in [1.54, 1.807) is 12.1 Å². The zero-order chi connectivity index (χ0) is 20.3. The van der Waals surface area contributed by atoms with Gasteiger partial charge in [-0.1, -0.05) is 31.3 Å². The van der Waals surface area contributed by atoms with E-state index in [0.717, 1.165) is 16.0 Å². The van der Waals surface area contributed by atoms with Crippen molar-refractivity contribution in [3.63, 3.8) is 0 Å². The first-order valence-corrected chi connectivity index (χ1v) is 11.5. The quantitative estimate of drug-likeness (QED) is 0.554. The Hall–Kier alpha value is -2.32. The summed E-state index contributed by atoms with van der Waals surface area (Å²) in [6, 6.07) is 10.8. The molecular formula is C20H24N2O4S2. The predicted octanol–water partition coefficient (Wildman–Crippen LogP) is 5.02. The summed E-state index contributed by atoms with van der Waals surface area (Å²) in [6.45, 7) is 8.72. The van der Waals surface area contributed by atoms with Gasteiger partial charge in [0.1, 0.15) is 16.4 Å². The molecule has 1 heterocycles. The molecule has 0 saturated heterocycles. The SMILES string of the molecule is CCOc1ccc2nc(NS(=O)(=O)c3cc(C(C)C)ccc3OCC)sc2c1. The first-order valence-electron chi connectivity index (χ1n) is 9.17. The third kappa shape index (κ3) is 4.39. The molecule has 28 heavy (non-hydrogen) atoms. The predicted molar refractivity (Wildman–Crippen MR) is 113 cm³/mol. The number of sulfonamides is 1. The van der Waals surface area contributed by atoms with Crippen molar-refractivity contribution in [1.82, 2.24) is 4.98 Å². The van der Waals surface area contributed by atoms with Gasteiger partial charge < -0.3 is 9.47 Å². The lowest BCUT2D eigenvalue weighted by Gasteiger charge is -2.14. The van der Waals surface area contributed by atoms with Gasteiger partial charge in [0.2, 0.25) is 0 Å². The van der Waals surface area contributed by atoms with Gasteiger partial charge in [-0.2, -0.15) is 0 Å². The number of thiazole rings is 1. The summed E-state index contributed by atoms with van der Waals surface area (Å²) >= 11 is 1.27. The Labute approximate surface area is 169 Å². The highest BCUT2D eigenvalue weighted by atomic mass is 32.2. The summed E-state index contributed by atoms with van der Waals surface area (Å²) in [4.78, 5) is 4.51. The molecule has 0 bridgehead atoms. The van der Waals surface area contributed by atoms with Crippen LogP contribution in [0.2, 0.25) is 0 Å². The van der Waals surface area contributed by atoms with Crippen LogP contribution < -0.4 is 14.2 Å². The number of hydrogen-bond donors (Lipinski definition) is 1. The number of anilines is 1. The lowest BCUT2D eigenvalue weighted by Crippen LogP contribution is -2.15. The van der Waals surface area contributed by atoms with Gasteiger partial charge in [0, 0.05) is 0 Å². The molecule has 2 aromatic carbocycles. The summed E-state index contributed by atoms with van der Waals surface area (Å²) in [7, 11) is -3.85. The molecule has 0 aliphatic carbocycles. The lowest BCUT2D eigenvalue weighted by molar-refractivity contribution is 0.331. The van der Waals surface area contributed by atoms with Crippen LogP contribution in [0.3, 0.4) is 0 Å². The van der Waals surface area contributed by atoms with Gasteiger partial charge in [-0.3, -0.25) is 4.72 Å². The molecule has 0 amide bonds. The maximum absolute atomic E-state index is 13.1. The van der Waals surface area contributed by atoms with Crippen molar-refractivity contribution in [2.75, 3.05) is 17.9 Å². The zero-order valence-electron chi connectivity index (χ0n) is 16.4. The largest absolute Gasteiger partial charge is 0.494 e. The maximum atomic E-state index is 13.1. The summed E-state index contributed by atoms with van der Waals surface area (Å²) in [5.74, 6) is 1.26. The molecule has 0 aliphatic heterocycles. The van der Waals surface area contributed by atoms with E-state index in [9.17, 15) is 8.42 Å². The highest BCUT2D eigenvalue weighted by Crippen LogP contribution is 2.33. The molecule has 3 aromatic rings. The minimum atomic E-state index is -3.85. The van der Waals surface area contributed by atoms with E-state index < -0.39 is 10.0 Å². The Balaban J connectivity index is 1.97. The molecule has 3 rings (SSSR count). The molecule has 0 saturated carbocycles. The van der Waals surface area contributed by atoms with E-state index in [2.05, 4.69) is 9.71 Å². The summed E-state index contributed by atoms with van der Waals surface area (Å²) in [5, 5.41) is 0.307. The van der Waals surface area contributed by atoms with Crippen molar-refractivity contribution in [3.05, 3.63) is 42.0 Å². The average Bonchev–Trinajstić information content (AvgIpc) is 3.03. The summed E-state index contributed by atoms with van der Waals surface area (Å²) in [5.41, 5.74) is 1.64. The third-order valence-electron chi connectivity index (χ3n) is 4.12. The van der Waals surface area contributed by atoms with Crippen LogP contribution in [-0.2, 0) is 10.0 Å². The Morgan fingerprint density at radius 1 is 1.07 bits per heavy atom. The van der Waals surface area contributed by atoms with Crippen LogP contribution in [0.4, 0.5) is 5.13 Å². The number of nitrogens with zero attached hydrogens (tertiary/aromatic N) is 1. The number of fused-ring (bicyclic) bond motifs is 1. The standard InChI is InChI=1S/C20H24N2O4S2/c1-5-25-15-8-9-16-18(12-15)27-20(21-16)22-28(23,24)19-11-14(13(3)4)7-10-17(19)26-6-2/h7-13H,5-6H2,1-4H3,(H,21,22). The number of ether oxygens (including phenoxy) is 2. The highest BCUT2D eigenvalue weighted by molar-refractivity contribution is 7.93. The van der Waals surface area contributed by atoms with Crippen LogP contribution in [-0.4, -0.2) is 26.6 Å². The molecular weight excluding hydrogens is 396 g/mol. The van der Waals surface area contributed by atoms with Crippen LogP contribution in [0.15, 0.2) is 41.3 Å². The minimum Gasteiger partial charge on any atom is -0.494 e. The number of rotatable bonds is 8. The summed E-state index contributed by atoms with van der Waals surface area (Å²) in [6.07, 6.45) is 0. The van der Waals surface area contributed by atoms with Crippen molar-refractivity contribution in [2.45, 2.75) is 38.5 Å². The molecule has 6 nitrogen and oxygen atoms in total. The van der Waals surface area contributed by atoms with Gasteiger partial charge >= 0.3 is 0 Å². The van der Waals surface area contributed by atoms with Crippen molar-refractivity contribution < 1.29 is 17.9 Å². The second-order valence-corrected chi connectivity index (χ2v) is 9.16. The minimum absolute atomic E-state index is 0.120. The number of nitrogens with one attached hydrogen (secondary N) is 1. The first-order chi connectivity index (χ1) is 13.3. The van der Waals surface area contributed by atoms with Crippen molar-refractivity contribution in [1.29, 1.82) is 0 Å². The highest BCUT2D eigenvalue weighted by Gasteiger charge is 2.23. The second kappa shape index (κ2) is 8.36. The average molecular weight is 421 g/mol. The van der Waals surface area contributed by atoms with Crippen LogP contribution >= 0.6 is 11.3 Å². The van der Waals surface area contributed by atoms with E-state index in [1.165, 1.54) is 11.3 Å². The molecule has 0 spiro atoms. The van der Waals surface area contributed by atoms with Crippen LogP contribution in [0.1, 0.15) is 39.2 Å². The van der Waals surface area contributed by atoms with Crippen molar-refractivity contribution in [3.8, 4) is 11.5 Å². The number of aromatic nitrogens is 1. The molecule has 0 aliphatic rings. The molecule has 1 N–H and O–H groups in total. The van der Waals surface area contributed by atoms with E-state index in [0.29, 0.717) is 29.6 Å². The van der Waals surface area contributed by atoms with E-state index in [-0.39, 0.29) is 10.8 Å². The van der Waals surface area contributed by atoms with Gasteiger partial charge in [-0.15, -0.1) is 0 Å². The molecule has 1 aromatic heterocycles. The molecule has 8 heteroatoms. The monoisotopic (exact) mass is 420 g/mol. The Kier molecular flexibility index (Phi) is 6.10. The maximum Gasteiger partial charge on any atom is 0.267 e. The Morgan fingerprint density at radius 3 is 2.50 bits per heavy atom. The Morgan fingerprint density at radius 2 is 1.82 bits per heavy atom. The zero-order valence-corrected chi connectivity index (χ0v) is 18.0. The Bertz CT molecular complexity index is 1070. The normalized spacial score (nSPS) is 11.8. The van der Waals surface area contributed by atoms with Gasteiger partial charge in [-0.05, 0) is 55.7 Å². The first kappa shape index (κ1) is 20.4. The summed E-state index contributed by atoms with van der Waals surface area (Å²) < 4.78 is 40.6. The fourth-order valence-corrected chi connectivity index (χ4v) is 5.05. The molecule has 0 radical (unpaired) electrons. The fraction of sp³-hybridized carbons (Fsp3) is 0.350. The van der Waals surface area contributed by atoms with E-state index in [4.69, 9.17) is 9.47 Å². The van der Waals surface area contributed by atoms with Gasteiger partial charge in [-0.25, -0.2) is 13.4 Å². The smallest absolute Gasteiger partial charge is 0.267 e. The van der Waals surface area contributed by atoms with E-state index >= 15 is 0 Å². The second-order valence-electron chi connectivity index (χ2n) is 6.48. The van der Waals surface area contributed by atoms with E-state index in [1.807, 2.05) is 52.0 Å². The number of benzene rings is 2. The third-order valence-corrected chi connectivity index (χ3v) is 6.54. The molecule has 0 fully saturated rings. The molecule has 150 valence electrons. The van der Waals surface area contributed by atoms with Crippen molar-refractivity contribution >= 4 is 36.7 Å². The van der Waals surface area contributed by atoms with Crippen LogP contribution in [0, 0.1) is 0 Å². The topological polar surface area (TPSA) is 77.5 Å². The van der Waals surface area contributed by atoms with Crippen molar-refractivity contribution in [2.24, 2.45) is 0 Å². The fourth-order valence-electron chi connectivity index (χ4n) is 2.74. The van der Waals surface area contributed by atoms with Crippen LogP contribution in [0.5, 0.6) is 11.5 Å². The number of hydrogen-bond acceptors (Lipinski definition) is 6. The van der Waals surface area contributed by atoms with Gasteiger partial charge in [0.25, 0.3) is 10.0 Å². The van der Waals surface area contributed by atoms with Crippen LogP contribution in [0.25, 0.3) is 10.2 Å². The van der Waals surface area contributed by atoms with Gasteiger partial charge in [0.05, 0.1) is 23.4 Å². The van der Waals surface area contributed by atoms with Gasteiger partial charge in [0.15, 0.2) is 5.13 Å². The lowest BCUT2D eigenvalue weighted by atomic mass is 10.0.